The standard InChI is InChI=1S/C18H34N2/c1-2-6-16-11-17(19-12-15-9-10-15)14-20(13-16)18-7-4-3-5-8-18/h15-19H,2-14H2,1H3. The highest BCUT2D eigenvalue weighted by molar-refractivity contribution is 4.89. The SMILES string of the molecule is CCCC1CC(NCC2CC2)CN(C2CCCCC2)C1. The Bertz CT molecular complexity index is 281. The van der Waals surface area contributed by atoms with Crippen LogP contribution in [0.15, 0.2) is 0 Å². The predicted molar refractivity (Wildman–Crippen MR) is 86.0 cm³/mol. The van der Waals surface area contributed by atoms with E-state index < -0.39 is 0 Å². The molecule has 0 aromatic rings. The summed E-state index contributed by atoms with van der Waals surface area (Å²) in [5.41, 5.74) is 0. The maximum Gasteiger partial charge on any atom is 0.0198 e. The van der Waals surface area contributed by atoms with Gasteiger partial charge in [-0.25, -0.2) is 0 Å². The summed E-state index contributed by atoms with van der Waals surface area (Å²) in [6.45, 7) is 6.37. The molecule has 1 saturated heterocycles. The summed E-state index contributed by atoms with van der Waals surface area (Å²) in [5, 5.41) is 3.90. The van der Waals surface area contributed by atoms with Crippen LogP contribution in [0.5, 0.6) is 0 Å². The molecule has 0 radical (unpaired) electrons. The van der Waals surface area contributed by atoms with Crippen LogP contribution in [0.1, 0.15) is 71.1 Å². The normalized spacial score (nSPS) is 33.5. The number of hydrogen-bond acceptors (Lipinski definition) is 2. The van der Waals surface area contributed by atoms with Gasteiger partial charge in [0.2, 0.25) is 0 Å². The van der Waals surface area contributed by atoms with Gasteiger partial charge in [-0.15, -0.1) is 0 Å². The Balaban J connectivity index is 1.53. The Morgan fingerprint density at radius 1 is 0.950 bits per heavy atom. The van der Waals surface area contributed by atoms with E-state index in [1.54, 1.807) is 0 Å². The number of nitrogens with zero attached hydrogens (tertiary/aromatic N) is 1. The minimum atomic E-state index is 0.780. The van der Waals surface area contributed by atoms with Crippen molar-refractivity contribution in [3.05, 3.63) is 0 Å². The van der Waals surface area contributed by atoms with Crippen molar-refractivity contribution >= 4 is 0 Å². The first-order chi connectivity index (χ1) is 9.85. The van der Waals surface area contributed by atoms with E-state index in [4.69, 9.17) is 0 Å². The Hall–Kier alpha value is -0.0800. The van der Waals surface area contributed by atoms with Gasteiger partial charge in [-0.05, 0) is 56.9 Å². The molecule has 116 valence electrons. The average Bonchev–Trinajstić information content (AvgIpc) is 3.30. The fraction of sp³-hybridized carbons (Fsp3) is 1.00. The molecule has 1 N–H and O–H groups in total. The van der Waals surface area contributed by atoms with Crippen LogP contribution in [0.4, 0.5) is 0 Å². The number of piperidine rings is 1. The zero-order valence-corrected chi connectivity index (χ0v) is 13.4. The number of likely N-dealkylation sites (tertiary alicyclic amines) is 1. The van der Waals surface area contributed by atoms with E-state index in [9.17, 15) is 0 Å². The maximum absolute atomic E-state index is 3.90. The second kappa shape index (κ2) is 7.26. The molecule has 20 heavy (non-hydrogen) atoms. The van der Waals surface area contributed by atoms with E-state index in [0.29, 0.717) is 0 Å². The van der Waals surface area contributed by atoms with Crippen molar-refractivity contribution in [3.63, 3.8) is 0 Å². The lowest BCUT2D eigenvalue weighted by molar-refractivity contribution is 0.0741. The molecule has 2 aliphatic carbocycles. The van der Waals surface area contributed by atoms with Crippen molar-refractivity contribution in [2.24, 2.45) is 11.8 Å². The average molecular weight is 278 g/mol. The zero-order valence-electron chi connectivity index (χ0n) is 13.4. The molecule has 0 spiro atoms. The molecular formula is C18H34N2. The maximum atomic E-state index is 3.90. The van der Waals surface area contributed by atoms with Gasteiger partial charge < -0.3 is 5.32 Å². The monoisotopic (exact) mass is 278 g/mol. The number of rotatable bonds is 6. The van der Waals surface area contributed by atoms with Gasteiger partial charge in [0.15, 0.2) is 0 Å². The molecule has 3 rings (SSSR count). The van der Waals surface area contributed by atoms with Gasteiger partial charge in [-0.1, -0.05) is 32.6 Å². The molecule has 0 aromatic heterocycles. The third kappa shape index (κ3) is 4.21. The van der Waals surface area contributed by atoms with Gasteiger partial charge in [0.1, 0.15) is 0 Å². The van der Waals surface area contributed by atoms with Gasteiger partial charge >= 0.3 is 0 Å². The van der Waals surface area contributed by atoms with Gasteiger partial charge in [-0.3, -0.25) is 4.90 Å². The van der Waals surface area contributed by atoms with E-state index in [0.717, 1.165) is 23.9 Å². The predicted octanol–water partition coefficient (Wildman–Crippen LogP) is 3.81. The van der Waals surface area contributed by atoms with Gasteiger partial charge in [0.05, 0.1) is 0 Å². The largest absolute Gasteiger partial charge is 0.312 e. The van der Waals surface area contributed by atoms with Crippen LogP contribution >= 0.6 is 0 Å². The quantitative estimate of drug-likeness (QED) is 0.795. The summed E-state index contributed by atoms with van der Waals surface area (Å²) in [5.74, 6) is 1.97. The molecule has 2 unspecified atom stereocenters. The molecule has 2 saturated carbocycles. The summed E-state index contributed by atoms with van der Waals surface area (Å²) in [4.78, 5) is 2.87. The van der Waals surface area contributed by atoms with Crippen LogP contribution in [0.25, 0.3) is 0 Å². The van der Waals surface area contributed by atoms with E-state index in [2.05, 4.69) is 17.1 Å². The van der Waals surface area contributed by atoms with Gasteiger partial charge in [0, 0.05) is 25.2 Å². The van der Waals surface area contributed by atoms with E-state index in [1.165, 1.54) is 83.8 Å². The molecule has 2 heteroatoms. The summed E-state index contributed by atoms with van der Waals surface area (Å²) < 4.78 is 0. The van der Waals surface area contributed by atoms with E-state index in [-0.39, 0.29) is 0 Å². The number of hydrogen-bond donors (Lipinski definition) is 1. The molecule has 3 fully saturated rings. The smallest absolute Gasteiger partial charge is 0.0198 e. The van der Waals surface area contributed by atoms with Crippen molar-refractivity contribution in [1.29, 1.82) is 0 Å². The van der Waals surface area contributed by atoms with Crippen LogP contribution in [0.2, 0.25) is 0 Å². The summed E-state index contributed by atoms with van der Waals surface area (Å²) in [7, 11) is 0. The molecule has 2 atom stereocenters. The first kappa shape index (κ1) is 14.8. The van der Waals surface area contributed by atoms with Gasteiger partial charge in [0.25, 0.3) is 0 Å². The third-order valence-corrected chi connectivity index (χ3v) is 5.75. The highest BCUT2D eigenvalue weighted by Crippen LogP contribution is 2.31. The van der Waals surface area contributed by atoms with Crippen LogP contribution in [-0.4, -0.2) is 36.6 Å². The van der Waals surface area contributed by atoms with E-state index >= 15 is 0 Å². The minimum Gasteiger partial charge on any atom is -0.312 e. The fourth-order valence-electron chi connectivity index (χ4n) is 4.41. The van der Waals surface area contributed by atoms with Crippen LogP contribution in [0, 0.1) is 11.8 Å². The van der Waals surface area contributed by atoms with Crippen molar-refractivity contribution in [2.75, 3.05) is 19.6 Å². The van der Waals surface area contributed by atoms with Crippen molar-refractivity contribution in [3.8, 4) is 0 Å². The third-order valence-electron chi connectivity index (χ3n) is 5.75. The second-order valence-electron chi connectivity index (χ2n) is 7.68. The molecule has 1 aliphatic heterocycles. The highest BCUT2D eigenvalue weighted by Gasteiger charge is 2.32. The van der Waals surface area contributed by atoms with Crippen LogP contribution < -0.4 is 5.32 Å². The van der Waals surface area contributed by atoms with Crippen LogP contribution in [-0.2, 0) is 0 Å². The van der Waals surface area contributed by atoms with Crippen molar-refractivity contribution < 1.29 is 0 Å². The summed E-state index contributed by atoms with van der Waals surface area (Å²) in [6.07, 6.45) is 14.5. The Morgan fingerprint density at radius 2 is 1.75 bits per heavy atom. The minimum absolute atomic E-state index is 0.780. The molecule has 0 aromatic carbocycles. The Morgan fingerprint density at radius 3 is 2.45 bits per heavy atom. The van der Waals surface area contributed by atoms with Crippen molar-refractivity contribution in [2.45, 2.75) is 83.2 Å². The second-order valence-corrected chi connectivity index (χ2v) is 7.68. The first-order valence-electron chi connectivity index (χ1n) is 9.32. The Labute approximate surface area is 125 Å². The number of nitrogens with one attached hydrogen (secondary N) is 1. The molecule has 2 nitrogen and oxygen atoms in total. The lowest BCUT2D eigenvalue weighted by atomic mass is 9.86. The lowest BCUT2D eigenvalue weighted by Gasteiger charge is -2.43. The summed E-state index contributed by atoms with van der Waals surface area (Å²) in [6, 6.07) is 1.69. The van der Waals surface area contributed by atoms with E-state index in [1.807, 2.05) is 0 Å². The Kier molecular flexibility index (Phi) is 5.39. The highest BCUT2D eigenvalue weighted by atomic mass is 15.2. The molecule has 0 amide bonds. The fourth-order valence-corrected chi connectivity index (χ4v) is 4.41. The summed E-state index contributed by atoms with van der Waals surface area (Å²) >= 11 is 0. The lowest BCUT2D eigenvalue weighted by Crippen LogP contribution is -2.53. The molecule has 1 heterocycles. The van der Waals surface area contributed by atoms with Crippen molar-refractivity contribution in [1.82, 2.24) is 10.2 Å². The molecule has 3 aliphatic rings. The van der Waals surface area contributed by atoms with Crippen LogP contribution in [0.3, 0.4) is 0 Å². The molecule has 0 bridgehead atoms. The van der Waals surface area contributed by atoms with Gasteiger partial charge in [-0.2, -0.15) is 0 Å². The molecular weight excluding hydrogens is 244 g/mol. The topological polar surface area (TPSA) is 15.3 Å². The first-order valence-corrected chi connectivity index (χ1v) is 9.32. The zero-order chi connectivity index (χ0) is 13.8.